The van der Waals surface area contributed by atoms with E-state index in [2.05, 4.69) is 10.3 Å². The predicted octanol–water partition coefficient (Wildman–Crippen LogP) is 1.50. The SMILES string of the molecule is CC(C)(CN=C1NC2(CCCC2)CS1)C(N)=O. The molecule has 1 aliphatic carbocycles. The van der Waals surface area contributed by atoms with E-state index < -0.39 is 5.41 Å². The molecule has 0 atom stereocenters. The van der Waals surface area contributed by atoms with Crippen molar-refractivity contribution in [3.05, 3.63) is 0 Å². The van der Waals surface area contributed by atoms with Crippen LogP contribution in [0, 0.1) is 5.41 Å². The van der Waals surface area contributed by atoms with Gasteiger partial charge < -0.3 is 11.1 Å². The minimum absolute atomic E-state index is 0.291. The van der Waals surface area contributed by atoms with Gasteiger partial charge >= 0.3 is 0 Å². The summed E-state index contributed by atoms with van der Waals surface area (Å²) in [6, 6.07) is 0. The third-order valence-electron chi connectivity index (χ3n) is 3.70. The summed E-state index contributed by atoms with van der Waals surface area (Å²) >= 11 is 1.78. The number of amides is 1. The summed E-state index contributed by atoms with van der Waals surface area (Å²) in [4.78, 5) is 15.7. The number of nitrogens with zero attached hydrogens (tertiary/aromatic N) is 1. The van der Waals surface area contributed by atoms with Gasteiger partial charge in [-0.2, -0.15) is 0 Å². The highest BCUT2D eigenvalue weighted by molar-refractivity contribution is 8.14. The molecule has 0 bridgehead atoms. The molecule has 0 radical (unpaired) electrons. The second-order valence-corrected chi connectivity index (χ2v) is 6.73. The lowest BCUT2D eigenvalue weighted by Crippen LogP contribution is -2.41. The van der Waals surface area contributed by atoms with Crippen LogP contribution in [-0.4, -0.2) is 28.9 Å². The average molecular weight is 255 g/mol. The summed E-state index contributed by atoms with van der Waals surface area (Å²) in [6.45, 7) is 4.14. The number of amidine groups is 1. The van der Waals surface area contributed by atoms with Gasteiger partial charge in [-0.3, -0.25) is 9.79 Å². The number of rotatable bonds is 3. The summed E-state index contributed by atoms with van der Waals surface area (Å²) in [5.74, 6) is 0.823. The van der Waals surface area contributed by atoms with Crippen LogP contribution in [0.4, 0.5) is 0 Å². The molecule has 1 aliphatic heterocycles. The van der Waals surface area contributed by atoms with Gasteiger partial charge in [-0.25, -0.2) is 0 Å². The first-order valence-corrected chi connectivity index (χ1v) is 7.18. The number of hydrogen-bond acceptors (Lipinski definition) is 3. The van der Waals surface area contributed by atoms with E-state index in [4.69, 9.17) is 5.73 Å². The normalized spacial score (nSPS) is 25.4. The van der Waals surface area contributed by atoms with Crippen LogP contribution in [0.2, 0.25) is 0 Å². The number of thioether (sulfide) groups is 1. The van der Waals surface area contributed by atoms with Crippen molar-refractivity contribution in [3.8, 4) is 0 Å². The Hall–Kier alpha value is -0.710. The number of carbonyl (C=O) groups excluding carboxylic acids is 1. The Morgan fingerprint density at radius 3 is 2.76 bits per heavy atom. The Bertz CT molecular complexity index is 346. The Morgan fingerprint density at radius 1 is 1.53 bits per heavy atom. The fourth-order valence-corrected chi connectivity index (χ4v) is 3.48. The molecule has 1 amide bonds. The Balaban J connectivity index is 1.94. The molecule has 1 heterocycles. The minimum Gasteiger partial charge on any atom is -0.369 e. The molecule has 1 spiro atoms. The molecule has 2 rings (SSSR count). The zero-order valence-corrected chi connectivity index (χ0v) is 11.4. The maximum absolute atomic E-state index is 11.2. The quantitative estimate of drug-likeness (QED) is 0.803. The predicted molar refractivity (Wildman–Crippen MR) is 72.1 cm³/mol. The molecular formula is C12H21N3OS. The maximum Gasteiger partial charge on any atom is 0.224 e. The van der Waals surface area contributed by atoms with Crippen LogP contribution in [0.3, 0.4) is 0 Å². The van der Waals surface area contributed by atoms with Crippen LogP contribution in [0.1, 0.15) is 39.5 Å². The van der Waals surface area contributed by atoms with Crippen molar-refractivity contribution in [3.63, 3.8) is 0 Å². The third kappa shape index (κ3) is 2.76. The minimum atomic E-state index is -0.555. The molecule has 96 valence electrons. The second kappa shape index (κ2) is 4.52. The number of carbonyl (C=O) groups is 1. The fraction of sp³-hybridized carbons (Fsp3) is 0.833. The van der Waals surface area contributed by atoms with Crippen LogP contribution >= 0.6 is 11.8 Å². The highest BCUT2D eigenvalue weighted by Crippen LogP contribution is 2.37. The lowest BCUT2D eigenvalue weighted by atomic mass is 9.93. The number of aliphatic imine (C=N–C) groups is 1. The molecule has 0 aromatic carbocycles. The molecule has 3 N–H and O–H groups in total. The summed E-state index contributed by atoms with van der Waals surface area (Å²) in [6.07, 6.45) is 5.12. The van der Waals surface area contributed by atoms with E-state index in [1.807, 2.05) is 13.8 Å². The number of nitrogens with two attached hydrogens (primary N) is 1. The van der Waals surface area contributed by atoms with Crippen LogP contribution in [0.5, 0.6) is 0 Å². The van der Waals surface area contributed by atoms with Gasteiger partial charge in [0.1, 0.15) is 0 Å². The summed E-state index contributed by atoms with van der Waals surface area (Å²) in [5, 5.41) is 4.53. The number of primary amides is 1. The van der Waals surface area contributed by atoms with Crippen molar-refractivity contribution in [2.75, 3.05) is 12.3 Å². The van der Waals surface area contributed by atoms with Gasteiger partial charge in [0.05, 0.1) is 12.0 Å². The van der Waals surface area contributed by atoms with Crippen molar-refractivity contribution in [2.24, 2.45) is 16.1 Å². The van der Waals surface area contributed by atoms with Gasteiger partial charge in [0, 0.05) is 11.3 Å². The van der Waals surface area contributed by atoms with Gasteiger partial charge in [0.25, 0.3) is 0 Å². The lowest BCUT2D eigenvalue weighted by molar-refractivity contribution is -0.125. The first-order valence-electron chi connectivity index (χ1n) is 6.19. The maximum atomic E-state index is 11.2. The van der Waals surface area contributed by atoms with E-state index in [1.54, 1.807) is 11.8 Å². The molecule has 1 saturated heterocycles. The summed E-state index contributed by atoms with van der Waals surface area (Å²) in [5.41, 5.74) is 5.07. The lowest BCUT2D eigenvalue weighted by Gasteiger charge is -2.22. The Morgan fingerprint density at radius 2 is 2.18 bits per heavy atom. The smallest absolute Gasteiger partial charge is 0.224 e. The van der Waals surface area contributed by atoms with Crippen molar-refractivity contribution in [2.45, 2.75) is 45.1 Å². The molecular weight excluding hydrogens is 234 g/mol. The van der Waals surface area contributed by atoms with Crippen molar-refractivity contribution < 1.29 is 4.79 Å². The van der Waals surface area contributed by atoms with E-state index in [9.17, 15) is 4.79 Å². The standard InChI is InChI=1S/C12H21N3OS/c1-11(2,9(13)16)7-14-10-15-12(8-17-10)5-3-4-6-12/h3-8H2,1-2H3,(H2,13,16)(H,14,15). The van der Waals surface area contributed by atoms with Gasteiger partial charge in [-0.1, -0.05) is 24.6 Å². The topological polar surface area (TPSA) is 67.5 Å². The molecule has 2 aliphatic rings. The molecule has 4 nitrogen and oxygen atoms in total. The third-order valence-corrected chi connectivity index (χ3v) is 4.90. The van der Waals surface area contributed by atoms with Gasteiger partial charge in [0.2, 0.25) is 5.91 Å². The van der Waals surface area contributed by atoms with Crippen LogP contribution < -0.4 is 11.1 Å². The number of hydrogen-bond donors (Lipinski definition) is 2. The van der Waals surface area contributed by atoms with Gasteiger partial charge in [-0.15, -0.1) is 0 Å². The first-order chi connectivity index (χ1) is 7.94. The zero-order valence-electron chi connectivity index (χ0n) is 10.6. The van der Waals surface area contributed by atoms with Crippen molar-refractivity contribution in [1.29, 1.82) is 0 Å². The summed E-state index contributed by atoms with van der Waals surface area (Å²) < 4.78 is 0. The highest BCUT2D eigenvalue weighted by Gasteiger charge is 2.39. The summed E-state index contributed by atoms with van der Waals surface area (Å²) in [7, 11) is 0. The van der Waals surface area contributed by atoms with Crippen LogP contribution in [0.25, 0.3) is 0 Å². The van der Waals surface area contributed by atoms with E-state index in [1.165, 1.54) is 25.7 Å². The molecule has 0 aromatic heterocycles. The van der Waals surface area contributed by atoms with E-state index in [0.717, 1.165) is 10.9 Å². The largest absolute Gasteiger partial charge is 0.369 e. The molecule has 0 aromatic rings. The highest BCUT2D eigenvalue weighted by atomic mass is 32.2. The molecule has 2 fully saturated rings. The number of nitrogens with one attached hydrogen (secondary N) is 1. The monoisotopic (exact) mass is 255 g/mol. The van der Waals surface area contributed by atoms with E-state index >= 15 is 0 Å². The first kappa shape index (κ1) is 12.7. The molecule has 1 saturated carbocycles. The Labute approximate surface area is 107 Å². The molecule has 0 unspecified atom stereocenters. The van der Waals surface area contributed by atoms with E-state index in [0.29, 0.717) is 12.1 Å². The van der Waals surface area contributed by atoms with E-state index in [-0.39, 0.29) is 5.91 Å². The molecule has 17 heavy (non-hydrogen) atoms. The van der Waals surface area contributed by atoms with Crippen LogP contribution in [0.15, 0.2) is 4.99 Å². The Kier molecular flexibility index (Phi) is 3.39. The average Bonchev–Trinajstić information content (AvgIpc) is 2.87. The molecule has 5 heteroatoms. The van der Waals surface area contributed by atoms with Gasteiger partial charge in [-0.05, 0) is 26.7 Å². The van der Waals surface area contributed by atoms with Gasteiger partial charge in [0.15, 0.2) is 5.17 Å². The van der Waals surface area contributed by atoms with Crippen molar-refractivity contribution >= 4 is 22.8 Å². The van der Waals surface area contributed by atoms with Crippen molar-refractivity contribution in [1.82, 2.24) is 5.32 Å². The second-order valence-electron chi connectivity index (χ2n) is 5.77. The fourth-order valence-electron chi connectivity index (χ4n) is 2.26. The van der Waals surface area contributed by atoms with Crippen LogP contribution in [-0.2, 0) is 4.79 Å². The zero-order chi connectivity index (χ0) is 12.5.